The smallest absolute Gasteiger partial charge is 0.0342 e. The fourth-order valence-corrected chi connectivity index (χ4v) is 1.55. The van der Waals surface area contributed by atoms with E-state index < -0.39 is 0 Å². The van der Waals surface area contributed by atoms with E-state index in [0.29, 0.717) is 12.1 Å². The van der Waals surface area contributed by atoms with Gasteiger partial charge >= 0.3 is 0 Å². The van der Waals surface area contributed by atoms with E-state index in [0.717, 1.165) is 12.8 Å². The Morgan fingerprint density at radius 2 is 1.77 bits per heavy atom. The van der Waals surface area contributed by atoms with Gasteiger partial charge in [-0.25, -0.2) is 0 Å². The van der Waals surface area contributed by atoms with Crippen molar-refractivity contribution >= 4 is 18.1 Å². The van der Waals surface area contributed by atoms with E-state index in [4.69, 9.17) is 5.73 Å². The van der Waals surface area contributed by atoms with E-state index in [-0.39, 0.29) is 12.4 Å². The zero-order valence-electron chi connectivity index (χ0n) is 7.44. The molecular weight excluding hydrogens is 184 g/mol. The van der Waals surface area contributed by atoms with Crippen LogP contribution in [0.5, 0.6) is 0 Å². The van der Waals surface area contributed by atoms with Gasteiger partial charge in [0.15, 0.2) is 0 Å². The lowest BCUT2D eigenvalue weighted by Gasteiger charge is -2.33. The van der Waals surface area contributed by atoms with Gasteiger partial charge in [0, 0.05) is 17.8 Å². The van der Waals surface area contributed by atoms with Crippen LogP contribution in [0.4, 0.5) is 5.69 Å². The van der Waals surface area contributed by atoms with E-state index in [2.05, 4.69) is 17.4 Å². The van der Waals surface area contributed by atoms with Crippen molar-refractivity contribution < 1.29 is 0 Å². The summed E-state index contributed by atoms with van der Waals surface area (Å²) < 4.78 is 0. The molecule has 0 aliphatic heterocycles. The van der Waals surface area contributed by atoms with Crippen LogP contribution < -0.4 is 11.1 Å². The molecule has 1 aromatic carbocycles. The number of anilines is 1. The average Bonchev–Trinajstić information content (AvgIpc) is 2.04. The SMILES string of the molecule is Cl.NC1CC(Nc2ccccc2)C1. The van der Waals surface area contributed by atoms with Gasteiger partial charge in [0.1, 0.15) is 0 Å². The second kappa shape index (κ2) is 4.49. The lowest BCUT2D eigenvalue weighted by atomic mass is 9.87. The highest BCUT2D eigenvalue weighted by atomic mass is 35.5. The van der Waals surface area contributed by atoms with Gasteiger partial charge in [-0.1, -0.05) is 18.2 Å². The first-order chi connectivity index (χ1) is 5.84. The Kier molecular flexibility index (Phi) is 3.58. The molecule has 0 saturated heterocycles. The Bertz CT molecular complexity index is 244. The number of nitrogens with two attached hydrogens (primary N) is 1. The fraction of sp³-hybridized carbons (Fsp3) is 0.400. The molecule has 2 nitrogen and oxygen atoms in total. The van der Waals surface area contributed by atoms with Crippen molar-refractivity contribution in [1.29, 1.82) is 0 Å². The molecule has 1 aromatic rings. The highest BCUT2D eigenvalue weighted by Crippen LogP contribution is 2.21. The van der Waals surface area contributed by atoms with Crippen LogP contribution in [0.15, 0.2) is 30.3 Å². The molecule has 0 atom stereocenters. The second-order valence-corrected chi connectivity index (χ2v) is 3.44. The summed E-state index contributed by atoms with van der Waals surface area (Å²) in [6.45, 7) is 0. The molecular formula is C10H15ClN2. The number of rotatable bonds is 2. The zero-order valence-corrected chi connectivity index (χ0v) is 8.26. The van der Waals surface area contributed by atoms with Crippen LogP contribution in [0.2, 0.25) is 0 Å². The molecule has 0 spiro atoms. The van der Waals surface area contributed by atoms with E-state index >= 15 is 0 Å². The van der Waals surface area contributed by atoms with Crippen molar-refractivity contribution in [2.45, 2.75) is 24.9 Å². The number of hydrogen-bond acceptors (Lipinski definition) is 2. The third-order valence-corrected chi connectivity index (χ3v) is 2.32. The maximum atomic E-state index is 5.68. The quantitative estimate of drug-likeness (QED) is 0.763. The Hall–Kier alpha value is -0.730. The first-order valence-electron chi connectivity index (χ1n) is 4.42. The first-order valence-corrected chi connectivity index (χ1v) is 4.42. The Labute approximate surface area is 84.9 Å². The van der Waals surface area contributed by atoms with Gasteiger partial charge in [-0.05, 0) is 25.0 Å². The highest BCUT2D eigenvalue weighted by molar-refractivity contribution is 5.85. The summed E-state index contributed by atoms with van der Waals surface area (Å²) in [5.74, 6) is 0. The maximum Gasteiger partial charge on any atom is 0.0342 e. The standard InChI is InChI=1S/C10H14N2.ClH/c11-8-6-10(7-8)12-9-4-2-1-3-5-9;/h1-5,8,10,12H,6-7,11H2;1H. The van der Waals surface area contributed by atoms with Gasteiger partial charge in [0.2, 0.25) is 0 Å². The summed E-state index contributed by atoms with van der Waals surface area (Å²) >= 11 is 0. The van der Waals surface area contributed by atoms with Crippen LogP contribution in [0, 0.1) is 0 Å². The Morgan fingerprint density at radius 3 is 2.31 bits per heavy atom. The minimum Gasteiger partial charge on any atom is -0.382 e. The first kappa shape index (κ1) is 10.4. The average molecular weight is 199 g/mol. The molecule has 3 N–H and O–H groups in total. The van der Waals surface area contributed by atoms with Crippen LogP contribution in [0.1, 0.15) is 12.8 Å². The zero-order chi connectivity index (χ0) is 8.39. The molecule has 0 unspecified atom stereocenters. The molecule has 1 aliphatic rings. The topological polar surface area (TPSA) is 38.0 Å². The molecule has 3 heteroatoms. The molecule has 1 fully saturated rings. The van der Waals surface area contributed by atoms with Gasteiger partial charge in [-0.3, -0.25) is 0 Å². The van der Waals surface area contributed by atoms with E-state index in [1.54, 1.807) is 0 Å². The van der Waals surface area contributed by atoms with Crippen LogP contribution >= 0.6 is 12.4 Å². The van der Waals surface area contributed by atoms with Crippen molar-refractivity contribution in [3.05, 3.63) is 30.3 Å². The molecule has 1 saturated carbocycles. The largest absolute Gasteiger partial charge is 0.382 e. The summed E-state index contributed by atoms with van der Waals surface area (Å²) in [4.78, 5) is 0. The summed E-state index contributed by atoms with van der Waals surface area (Å²) in [5.41, 5.74) is 6.89. The van der Waals surface area contributed by atoms with Crippen molar-refractivity contribution in [1.82, 2.24) is 0 Å². The second-order valence-electron chi connectivity index (χ2n) is 3.44. The number of hydrogen-bond donors (Lipinski definition) is 2. The van der Waals surface area contributed by atoms with Crippen LogP contribution in [-0.2, 0) is 0 Å². The third-order valence-electron chi connectivity index (χ3n) is 2.32. The van der Waals surface area contributed by atoms with Gasteiger partial charge in [0.25, 0.3) is 0 Å². The summed E-state index contributed by atoms with van der Waals surface area (Å²) in [6.07, 6.45) is 2.21. The van der Waals surface area contributed by atoms with E-state index in [1.807, 2.05) is 18.2 Å². The lowest BCUT2D eigenvalue weighted by molar-refractivity contribution is 0.373. The number of para-hydroxylation sites is 1. The number of benzene rings is 1. The van der Waals surface area contributed by atoms with Gasteiger partial charge in [-0.15, -0.1) is 12.4 Å². The minimum absolute atomic E-state index is 0. The van der Waals surface area contributed by atoms with Crippen LogP contribution in [0.3, 0.4) is 0 Å². The van der Waals surface area contributed by atoms with Crippen molar-refractivity contribution in [3.63, 3.8) is 0 Å². The summed E-state index contributed by atoms with van der Waals surface area (Å²) in [6, 6.07) is 11.3. The van der Waals surface area contributed by atoms with Crippen molar-refractivity contribution in [3.8, 4) is 0 Å². The van der Waals surface area contributed by atoms with Crippen LogP contribution in [0.25, 0.3) is 0 Å². The lowest BCUT2D eigenvalue weighted by Crippen LogP contribution is -2.44. The monoisotopic (exact) mass is 198 g/mol. The predicted octanol–water partition coefficient (Wildman–Crippen LogP) is 2.01. The third kappa shape index (κ3) is 2.61. The molecule has 0 heterocycles. The van der Waals surface area contributed by atoms with Crippen LogP contribution in [-0.4, -0.2) is 12.1 Å². The predicted molar refractivity (Wildman–Crippen MR) is 58.3 cm³/mol. The van der Waals surface area contributed by atoms with Gasteiger partial charge in [0.05, 0.1) is 0 Å². The van der Waals surface area contributed by atoms with E-state index in [9.17, 15) is 0 Å². The Balaban J connectivity index is 0.000000845. The van der Waals surface area contributed by atoms with Gasteiger partial charge < -0.3 is 11.1 Å². The number of halogens is 1. The molecule has 2 rings (SSSR count). The molecule has 13 heavy (non-hydrogen) atoms. The minimum atomic E-state index is 0. The summed E-state index contributed by atoms with van der Waals surface area (Å²) in [7, 11) is 0. The maximum absolute atomic E-state index is 5.68. The molecule has 1 aliphatic carbocycles. The van der Waals surface area contributed by atoms with Crippen molar-refractivity contribution in [2.24, 2.45) is 5.73 Å². The fourth-order valence-electron chi connectivity index (χ4n) is 1.55. The molecule has 0 amide bonds. The normalized spacial score (nSPS) is 25.6. The van der Waals surface area contributed by atoms with Crippen molar-refractivity contribution in [2.75, 3.05) is 5.32 Å². The summed E-state index contributed by atoms with van der Waals surface area (Å²) in [5, 5.41) is 3.43. The highest BCUT2D eigenvalue weighted by Gasteiger charge is 2.25. The Morgan fingerprint density at radius 1 is 1.15 bits per heavy atom. The number of nitrogens with one attached hydrogen (secondary N) is 1. The molecule has 72 valence electrons. The van der Waals surface area contributed by atoms with Gasteiger partial charge in [-0.2, -0.15) is 0 Å². The molecule has 0 aromatic heterocycles. The molecule has 0 bridgehead atoms. The van der Waals surface area contributed by atoms with E-state index in [1.165, 1.54) is 5.69 Å². The molecule has 0 radical (unpaired) electrons.